The number of thiophene rings is 1. The van der Waals surface area contributed by atoms with E-state index in [2.05, 4.69) is 18.2 Å². The minimum Gasteiger partial charge on any atom is -0.488 e. The second-order valence-corrected chi connectivity index (χ2v) is 7.82. The number of amides is 1. The SMILES string of the molecule is O=C(c1cc2c(s1)-c1ccccc1OC2)N1CCOC(c2ccccc2)C1. The van der Waals surface area contributed by atoms with Crippen molar-refractivity contribution in [3.63, 3.8) is 0 Å². The molecule has 1 amide bonds. The first-order valence-electron chi connectivity index (χ1n) is 9.10. The van der Waals surface area contributed by atoms with E-state index in [0.29, 0.717) is 26.3 Å². The van der Waals surface area contributed by atoms with Crippen molar-refractivity contribution < 1.29 is 14.3 Å². The molecule has 3 heterocycles. The van der Waals surface area contributed by atoms with Gasteiger partial charge in [0.25, 0.3) is 5.91 Å². The van der Waals surface area contributed by atoms with E-state index in [1.54, 1.807) is 11.3 Å². The number of morpholine rings is 1. The van der Waals surface area contributed by atoms with E-state index >= 15 is 0 Å². The summed E-state index contributed by atoms with van der Waals surface area (Å²) in [6.45, 7) is 2.28. The van der Waals surface area contributed by atoms with Crippen LogP contribution in [0.15, 0.2) is 60.7 Å². The van der Waals surface area contributed by atoms with Crippen LogP contribution < -0.4 is 4.74 Å². The molecule has 0 spiro atoms. The largest absolute Gasteiger partial charge is 0.488 e. The molecule has 5 rings (SSSR count). The molecule has 3 aromatic rings. The van der Waals surface area contributed by atoms with Crippen LogP contribution in [-0.2, 0) is 11.3 Å². The Labute approximate surface area is 162 Å². The van der Waals surface area contributed by atoms with E-state index < -0.39 is 0 Å². The maximum absolute atomic E-state index is 13.1. The minimum atomic E-state index is -0.0671. The molecule has 1 saturated heterocycles. The fraction of sp³-hybridized carbons (Fsp3) is 0.227. The van der Waals surface area contributed by atoms with Crippen LogP contribution in [0.3, 0.4) is 0 Å². The van der Waals surface area contributed by atoms with Crippen LogP contribution in [0, 0.1) is 0 Å². The van der Waals surface area contributed by atoms with Gasteiger partial charge in [0.15, 0.2) is 0 Å². The van der Waals surface area contributed by atoms with Gasteiger partial charge in [0, 0.05) is 22.5 Å². The third kappa shape index (κ3) is 3.03. The van der Waals surface area contributed by atoms with Crippen molar-refractivity contribution in [3.8, 4) is 16.2 Å². The quantitative estimate of drug-likeness (QED) is 0.659. The van der Waals surface area contributed by atoms with Crippen molar-refractivity contribution in [1.82, 2.24) is 4.90 Å². The topological polar surface area (TPSA) is 38.8 Å². The molecule has 1 aromatic heterocycles. The van der Waals surface area contributed by atoms with Gasteiger partial charge >= 0.3 is 0 Å². The van der Waals surface area contributed by atoms with Crippen molar-refractivity contribution >= 4 is 17.2 Å². The summed E-state index contributed by atoms with van der Waals surface area (Å²) in [5.74, 6) is 0.970. The summed E-state index contributed by atoms with van der Waals surface area (Å²) in [6.07, 6.45) is -0.0671. The predicted molar refractivity (Wildman–Crippen MR) is 105 cm³/mol. The third-order valence-corrected chi connectivity index (χ3v) is 6.26. The zero-order valence-electron chi connectivity index (χ0n) is 14.8. The van der Waals surface area contributed by atoms with Gasteiger partial charge in [-0.2, -0.15) is 0 Å². The molecule has 4 nitrogen and oxygen atoms in total. The molecule has 0 bridgehead atoms. The number of rotatable bonds is 2. The molecule has 0 radical (unpaired) electrons. The lowest BCUT2D eigenvalue weighted by Crippen LogP contribution is -2.42. The molecule has 5 heteroatoms. The highest BCUT2D eigenvalue weighted by atomic mass is 32.1. The van der Waals surface area contributed by atoms with Crippen LogP contribution in [0.5, 0.6) is 5.75 Å². The van der Waals surface area contributed by atoms with E-state index in [0.717, 1.165) is 32.2 Å². The molecule has 0 aliphatic carbocycles. The Bertz CT molecular complexity index is 982. The van der Waals surface area contributed by atoms with Gasteiger partial charge in [-0.05, 0) is 23.8 Å². The zero-order valence-corrected chi connectivity index (χ0v) is 15.6. The highest BCUT2D eigenvalue weighted by Crippen LogP contribution is 2.42. The normalized spacial score (nSPS) is 18.4. The molecule has 2 aliphatic heterocycles. The molecule has 1 fully saturated rings. The van der Waals surface area contributed by atoms with Crippen molar-refractivity contribution in [3.05, 3.63) is 76.7 Å². The maximum atomic E-state index is 13.1. The monoisotopic (exact) mass is 377 g/mol. The number of hydrogen-bond donors (Lipinski definition) is 0. The second kappa shape index (κ2) is 6.83. The van der Waals surface area contributed by atoms with Gasteiger partial charge in [-0.25, -0.2) is 0 Å². The van der Waals surface area contributed by atoms with Gasteiger partial charge in [0.1, 0.15) is 18.5 Å². The van der Waals surface area contributed by atoms with E-state index in [4.69, 9.17) is 9.47 Å². The molecule has 0 N–H and O–H groups in total. The van der Waals surface area contributed by atoms with E-state index in [1.165, 1.54) is 0 Å². The van der Waals surface area contributed by atoms with E-state index in [-0.39, 0.29) is 12.0 Å². The van der Waals surface area contributed by atoms with Crippen LogP contribution in [0.1, 0.15) is 26.9 Å². The molecular weight excluding hydrogens is 358 g/mol. The van der Waals surface area contributed by atoms with Gasteiger partial charge in [0.2, 0.25) is 0 Å². The first-order valence-corrected chi connectivity index (χ1v) is 9.92. The molecule has 1 atom stereocenters. The molecule has 27 heavy (non-hydrogen) atoms. The number of nitrogens with zero attached hydrogens (tertiary/aromatic N) is 1. The minimum absolute atomic E-state index is 0.0671. The third-order valence-electron chi connectivity index (χ3n) is 5.06. The van der Waals surface area contributed by atoms with Crippen LogP contribution in [0.2, 0.25) is 0 Å². The zero-order chi connectivity index (χ0) is 18.2. The standard InChI is InChI=1S/C22H19NO3S/c24-22(23-10-11-25-19(13-23)15-6-2-1-3-7-15)20-12-16-14-26-18-9-5-4-8-17(18)21(16)27-20/h1-9,12,19H,10-11,13-14H2. The van der Waals surface area contributed by atoms with Gasteiger partial charge in [-0.1, -0.05) is 42.5 Å². The average molecular weight is 377 g/mol. The van der Waals surface area contributed by atoms with E-state index in [9.17, 15) is 4.79 Å². The van der Waals surface area contributed by atoms with Crippen LogP contribution in [0.4, 0.5) is 0 Å². The van der Waals surface area contributed by atoms with Crippen LogP contribution >= 0.6 is 11.3 Å². The Morgan fingerprint density at radius 3 is 2.78 bits per heavy atom. The van der Waals surface area contributed by atoms with Crippen LogP contribution in [0.25, 0.3) is 10.4 Å². The highest BCUT2D eigenvalue weighted by molar-refractivity contribution is 7.17. The number of carbonyl (C=O) groups excluding carboxylic acids is 1. The summed E-state index contributed by atoms with van der Waals surface area (Å²) in [7, 11) is 0. The molecule has 136 valence electrons. The van der Waals surface area contributed by atoms with Crippen molar-refractivity contribution in [2.24, 2.45) is 0 Å². The molecule has 1 unspecified atom stereocenters. The summed E-state index contributed by atoms with van der Waals surface area (Å²) in [6, 6.07) is 20.1. The lowest BCUT2D eigenvalue weighted by Gasteiger charge is -2.33. The first kappa shape index (κ1) is 16.5. The molecular formula is C22H19NO3S. The number of fused-ring (bicyclic) bond motifs is 3. The summed E-state index contributed by atoms with van der Waals surface area (Å²) in [5.41, 5.74) is 3.28. The Morgan fingerprint density at radius 1 is 1.07 bits per heavy atom. The fourth-order valence-electron chi connectivity index (χ4n) is 3.66. The first-order chi connectivity index (χ1) is 13.3. The lowest BCUT2D eigenvalue weighted by molar-refractivity contribution is -0.0226. The number of ether oxygens (including phenoxy) is 2. The van der Waals surface area contributed by atoms with Crippen molar-refractivity contribution in [2.75, 3.05) is 19.7 Å². The second-order valence-electron chi connectivity index (χ2n) is 6.77. The molecule has 2 aliphatic rings. The maximum Gasteiger partial charge on any atom is 0.264 e. The molecule has 2 aromatic carbocycles. The number of benzene rings is 2. The van der Waals surface area contributed by atoms with Crippen molar-refractivity contribution in [1.29, 1.82) is 0 Å². The summed E-state index contributed by atoms with van der Waals surface area (Å²) in [5, 5.41) is 0. The summed E-state index contributed by atoms with van der Waals surface area (Å²) < 4.78 is 11.7. The Kier molecular flexibility index (Phi) is 4.19. The van der Waals surface area contributed by atoms with Gasteiger partial charge in [0.05, 0.1) is 18.0 Å². The molecule has 0 saturated carbocycles. The van der Waals surface area contributed by atoms with Crippen molar-refractivity contribution in [2.45, 2.75) is 12.7 Å². The number of carbonyl (C=O) groups is 1. The summed E-state index contributed by atoms with van der Waals surface area (Å²) >= 11 is 1.56. The smallest absolute Gasteiger partial charge is 0.264 e. The Hall–Kier alpha value is -2.63. The average Bonchev–Trinajstić information content (AvgIpc) is 3.19. The fourth-order valence-corrected chi connectivity index (χ4v) is 4.83. The van der Waals surface area contributed by atoms with Crippen LogP contribution in [-0.4, -0.2) is 30.5 Å². The Balaban J connectivity index is 1.40. The number of para-hydroxylation sites is 1. The van der Waals surface area contributed by atoms with Gasteiger partial charge in [-0.3, -0.25) is 4.79 Å². The predicted octanol–water partition coefficient (Wildman–Crippen LogP) is 4.52. The van der Waals surface area contributed by atoms with Gasteiger partial charge < -0.3 is 14.4 Å². The lowest BCUT2D eigenvalue weighted by atomic mass is 10.1. The summed E-state index contributed by atoms with van der Waals surface area (Å²) in [4.78, 5) is 17.0. The number of hydrogen-bond acceptors (Lipinski definition) is 4. The Morgan fingerprint density at radius 2 is 1.89 bits per heavy atom. The van der Waals surface area contributed by atoms with Gasteiger partial charge in [-0.15, -0.1) is 11.3 Å². The van der Waals surface area contributed by atoms with E-state index in [1.807, 2.05) is 47.4 Å². The highest BCUT2D eigenvalue weighted by Gasteiger charge is 2.29.